The number of carbonyl (C=O) groups is 2. The molecule has 0 aliphatic carbocycles. The molecule has 154 valence electrons. The lowest BCUT2D eigenvalue weighted by atomic mass is 10.1. The van der Waals surface area contributed by atoms with Crippen LogP contribution in [0.3, 0.4) is 0 Å². The summed E-state index contributed by atoms with van der Waals surface area (Å²) in [7, 11) is 0. The van der Waals surface area contributed by atoms with Crippen LogP contribution in [-0.2, 0) is 0 Å². The van der Waals surface area contributed by atoms with E-state index in [2.05, 4.69) is 15.9 Å². The summed E-state index contributed by atoms with van der Waals surface area (Å²) in [5, 5.41) is 0.803. The number of hydrogen-bond donors (Lipinski definition) is 0. The number of rotatable bonds is 6. The smallest absolute Gasteiger partial charge is 0.261 e. The average molecular weight is 479 g/mol. The first-order chi connectivity index (χ1) is 13.6. The quantitative estimate of drug-likeness (QED) is 0.463. The van der Waals surface area contributed by atoms with Crippen LogP contribution < -0.4 is 4.90 Å². The van der Waals surface area contributed by atoms with Crippen molar-refractivity contribution in [3.05, 3.63) is 64.7 Å². The Hall–Kier alpha value is -1.89. The molecule has 1 saturated heterocycles. The molecule has 4 rings (SSSR count). The molecule has 0 bridgehead atoms. The highest BCUT2D eigenvalue weighted by Gasteiger charge is 2.34. The average Bonchev–Trinajstić information content (AvgIpc) is 2.97. The van der Waals surface area contributed by atoms with Crippen LogP contribution >= 0.6 is 28.6 Å². The van der Waals surface area contributed by atoms with Gasteiger partial charge in [0, 0.05) is 32.7 Å². The first kappa shape index (κ1) is 21.8. The normalized spacial score (nSPS) is 16.7. The fourth-order valence-electron chi connectivity index (χ4n) is 3.97. The minimum Gasteiger partial charge on any atom is -0.368 e. The Morgan fingerprint density at radius 2 is 1.31 bits per heavy atom. The third-order valence-electron chi connectivity index (χ3n) is 5.55. The number of hydrogen-bond acceptors (Lipinski definition) is 4. The van der Waals surface area contributed by atoms with Crippen molar-refractivity contribution in [2.45, 2.75) is 12.8 Å². The van der Waals surface area contributed by atoms with Crippen LogP contribution in [0, 0.1) is 0 Å². The minimum absolute atomic E-state index is 0. The Bertz CT molecular complexity index is 849. The molecule has 2 amide bonds. The van der Waals surface area contributed by atoms with Crippen molar-refractivity contribution in [1.82, 2.24) is 9.80 Å². The van der Waals surface area contributed by atoms with Gasteiger partial charge in [0.1, 0.15) is 0 Å². The molecular weight excluding hydrogens is 454 g/mol. The highest BCUT2D eigenvalue weighted by molar-refractivity contribution is 8.93. The van der Waals surface area contributed by atoms with Gasteiger partial charge < -0.3 is 4.90 Å². The van der Waals surface area contributed by atoms with Crippen LogP contribution in [-0.4, -0.2) is 60.9 Å². The molecule has 0 aromatic heterocycles. The predicted molar refractivity (Wildman–Crippen MR) is 121 cm³/mol. The van der Waals surface area contributed by atoms with Gasteiger partial charge in [0.15, 0.2) is 0 Å². The van der Waals surface area contributed by atoms with Gasteiger partial charge >= 0.3 is 0 Å². The van der Waals surface area contributed by atoms with Gasteiger partial charge in [-0.1, -0.05) is 35.9 Å². The zero-order valence-electron chi connectivity index (χ0n) is 16.2. The Morgan fingerprint density at radius 3 is 1.93 bits per heavy atom. The molecule has 29 heavy (non-hydrogen) atoms. The lowest BCUT2D eigenvalue weighted by Crippen LogP contribution is -2.46. The van der Waals surface area contributed by atoms with E-state index in [0.29, 0.717) is 17.7 Å². The van der Waals surface area contributed by atoms with E-state index in [1.165, 1.54) is 4.90 Å². The fourth-order valence-corrected chi connectivity index (χ4v) is 4.22. The van der Waals surface area contributed by atoms with E-state index in [9.17, 15) is 9.59 Å². The number of para-hydroxylation sites is 1. The van der Waals surface area contributed by atoms with Crippen LogP contribution in [0.4, 0.5) is 5.69 Å². The van der Waals surface area contributed by atoms with Crippen LogP contribution in [0.1, 0.15) is 33.6 Å². The van der Waals surface area contributed by atoms with Crippen molar-refractivity contribution >= 4 is 46.1 Å². The van der Waals surface area contributed by atoms with E-state index < -0.39 is 0 Å². The highest BCUT2D eigenvalue weighted by Crippen LogP contribution is 2.26. The molecule has 0 saturated carbocycles. The summed E-state index contributed by atoms with van der Waals surface area (Å²) in [6.45, 7) is 5.40. The van der Waals surface area contributed by atoms with Crippen LogP contribution in [0.2, 0.25) is 5.02 Å². The molecule has 2 aliphatic rings. The molecule has 0 spiro atoms. The van der Waals surface area contributed by atoms with Crippen LogP contribution in [0.15, 0.2) is 48.5 Å². The van der Waals surface area contributed by atoms with E-state index in [0.717, 1.165) is 56.3 Å². The van der Waals surface area contributed by atoms with E-state index in [4.69, 9.17) is 11.6 Å². The first-order valence-corrected chi connectivity index (χ1v) is 10.2. The van der Waals surface area contributed by atoms with Gasteiger partial charge in [-0.3, -0.25) is 19.4 Å². The maximum absolute atomic E-state index is 12.4. The van der Waals surface area contributed by atoms with Crippen LogP contribution in [0.5, 0.6) is 0 Å². The zero-order chi connectivity index (χ0) is 19.5. The Morgan fingerprint density at radius 1 is 0.759 bits per heavy atom. The molecule has 2 heterocycles. The van der Waals surface area contributed by atoms with Gasteiger partial charge in [0.05, 0.1) is 21.8 Å². The molecule has 2 aromatic rings. The Balaban J connectivity index is 0.00000240. The maximum atomic E-state index is 12.4. The topological polar surface area (TPSA) is 43.9 Å². The summed E-state index contributed by atoms with van der Waals surface area (Å²) in [5.74, 6) is -0.317. The largest absolute Gasteiger partial charge is 0.368 e. The summed E-state index contributed by atoms with van der Waals surface area (Å²) in [6, 6.07) is 15.0. The van der Waals surface area contributed by atoms with Crippen molar-refractivity contribution in [3.63, 3.8) is 0 Å². The molecule has 7 heteroatoms. The Labute approximate surface area is 187 Å². The molecule has 0 unspecified atom stereocenters. The number of carbonyl (C=O) groups excluding carboxylic acids is 2. The van der Waals surface area contributed by atoms with Crippen molar-refractivity contribution < 1.29 is 9.59 Å². The van der Waals surface area contributed by atoms with E-state index in [1.54, 1.807) is 24.3 Å². The van der Waals surface area contributed by atoms with Crippen molar-refractivity contribution in [1.29, 1.82) is 0 Å². The first-order valence-electron chi connectivity index (χ1n) is 9.82. The second-order valence-electron chi connectivity index (χ2n) is 7.29. The van der Waals surface area contributed by atoms with Gasteiger partial charge in [-0.15, -0.1) is 17.0 Å². The number of unbranched alkanes of at least 4 members (excludes halogenated alkanes) is 1. The van der Waals surface area contributed by atoms with E-state index in [1.807, 2.05) is 18.2 Å². The molecule has 0 atom stereocenters. The van der Waals surface area contributed by atoms with Crippen molar-refractivity contribution in [2.75, 3.05) is 44.2 Å². The number of nitrogens with zero attached hydrogens (tertiary/aromatic N) is 3. The zero-order valence-corrected chi connectivity index (χ0v) is 18.7. The molecule has 5 nitrogen and oxygen atoms in total. The molecule has 0 radical (unpaired) electrons. The van der Waals surface area contributed by atoms with Crippen LogP contribution in [0.25, 0.3) is 0 Å². The molecular formula is C22H25BrClN3O2. The monoisotopic (exact) mass is 477 g/mol. The summed E-state index contributed by atoms with van der Waals surface area (Å²) in [6.07, 6.45) is 1.80. The number of imide groups is 1. The minimum atomic E-state index is -0.158. The molecule has 0 N–H and O–H groups in total. The second kappa shape index (κ2) is 9.74. The summed E-state index contributed by atoms with van der Waals surface area (Å²) in [4.78, 5) is 30.9. The number of amides is 2. The standard InChI is InChI=1S/C22H24ClN3O2.BrH/c23-19-9-3-4-10-20(19)25-15-13-24(14-16-25)11-5-6-12-26-21(27)17-7-1-2-8-18(17)22(26)28;/h1-4,7-10H,5-6,11-16H2;1H. The third kappa shape index (κ3) is 4.65. The van der Waals surface area contributed by atoms with Crippen molar-refractivity contribution in [2.24, 2.45) is 0 Å². The predicted octanol–water partition coefficient (Wildman–Crippen LogP) is 4.12. The number of fused-ring (bicyclic) bond motifs is 1. The van der Waals surface area contributed by atoms with Crippen molar-refractivity contribution in [3.8, 4) is 0 Å². The lowest BCUT2D eigenvalue weighted by Gasteiger charge is -2.36. The fraction of sp³-hybridized carbons (Fsp3) is 0.364. The van der Waals surface area contributed by atoms with Gasteiger partial charge in [0.25, 0.3) is 11.8 Å². The molecule has 2 aromatic carbocycles. The van der Waals surface area contributed by atoms with E-state index in [-0.39, 0.29) is 28.8 Å². The number of anilines is 1. The SMILES string of the molecule is Br.O=C1c2ccccc2C(=O)N1CCCCN1CCN(c2ccccc2Cl)CC1. The molecule has 1 fully saturated rings. The van der Waals surface area contributed by atoms with Gasteiger partial charge in [-0.25, -0.2) is 0 Å². The molecule has 2 aliphatic heterocycles. The summed E-state index contributed by atoms with van der Waals surface area (Å²) >= 11 is 6.30. The Kier molecular flexibility index (Phi) is 7.33. The number of halogens is 2. The second-order valence-corrected chi connectivity index (χ2v) is 7.70. The van der Waals surface area contributed by atoms with Gasteiger partial charge in [-0.05, 0) is 43.7 Å². The highest BCUT2D eigenvalue weighted by atomic mass is 79.9. The van der Waals surface area contributed by atoms with E-state index >= 15 is 0 Å². The number of benzene rings is 2. The summed E-state index contributed by atoms with van der Waals surface area (Å²) in [5.41, 5.74) is 2.17. The van der Waals surface area contributed by atoms with Gasteiger partial charge in [-0.2, -0.15) is 0 Å². The number of piperazine rings is 1. The summed E-state index contributed by atoms with van der Waals surface area (Å²) < 4.78 is 0. The lowest BCUT2D eigenvalue weighted by molar-refractivity contribution is 0.0650. The maximum Gasteiger partial charge on any atom is 0.261 e. The van der Waals surface area contributed by atoms with Gasteiger partial charge in [0.2, 0.25) is 0 Å². The third-order valence-corrected chi connectivity index (χ3v) is 5.87.